The van der Waals surface area contributed by atoms with E-state index in [1.54, 1.807) is 30.3 Å². The number of ether oxygens (including phenoxy) is 1. The summed E-state index contributed by atoms with van der Waals surface area (Å²) in [6.07, 6.45) is 0. The number of hydrogen-bond donors (Lipinski definition) is 2. The molecule has 0 aliphatic heterocycles. The highest BCUT2D eigenvalue weighted by Crippen LogP contribution is 2.18. The van der Waals surface area contributed by atoms with E-state index in [0.717, 1.165) is 11.1 Å². The Morgan fingerprint density at radius 3 is 2.46 bits per heavy atom. The molecule has 0 spiro atoms. The maximum Gasteiger partial charge on any atom is 0.339 e. The average Bonchev–Trinajstić information content (AvgIpc) is 2.62. The molecule has 0 radical (unpaired) electrons. The molecule has 2 rings (SSSR count). The second kappa shape index (κ2) is 9.15. The molecule has 0 saturated carbocycles. The number of amides is 2. The summed E-state index contributed by atoms with van der Waals surface area (Å²) in [7, 11) is 0. The molecule has 0 aromatic heterocycles. The minimum absolute atomic E-state index is 0.210. The summed E-state index contributed by atoms with van der Waals surface area (Å²) in [5, 5.41) is 5.16. The van der Waals surface area contributed by atoms with Crippen molar-refractivity contribution in [1.29, 1.82) is 0 Å². The predicted octanol–water partition coefficient (Wildman–Crippen LogP) is 2.98. The van der Waals surface area contributed by atoms with Gasteiger partial charge in [0.25, 0.3) is 5.91 Å². The molecular weight excluding hydrogens is 400 g/mol. The zero-order valence-corrected chi connectivity index (χ0v) is 16.1. The van der Waals surface area contributed by atoms with Crippen molar-refractivity contribution in [1.82, 2.24) is 5.32 Å². The first-order valence-corrected chi connectivity index (χ1v) is 8.72. The molecule has 0 saturated heterocycles. The molecule has 7 heteroatoms. The lowest BCUT2D eigenvalue weighted by molar-refractivity contribution is -0.126. The van der Waals surface area contributed by atoms with E-state index in [4.69, 9.17) is 4.74 Å². The number of carbonyl (C=O) groups excluding carboxylic acids is 3. The van der Waals surface area contributed by atoms with Gasteiger partial charge in [-0.1, -0.05) is 24.3 Å². The molecule has 136 valence electrons. The standard InChI is InChI=1S/C19H19BrN2O4/c1-12-6-5-9-16(13(12)2)22-17(23)10-21-18(24)11-26-19(25)14-7-3-4-8-15(14)20/h3-9H,10-11H2,1-2H3,(H,21,24)(H,22,23). The van der Waals surface area contributed by atoms with E-state index in [9.17, 15) is 14.4 Å². The number of aryl methyl sites for hydroxylation is 1. The fourth-order valence-electron chi connectivity index (χ4n) is 2.15. The van der Waals surface area contributed by atoms with Crippen LogP contribution in [0.2, 0.25) is 0 Å². The van der Waals surface area contributed by atoms with Crippen LogP contribution in [-0.4, -0.2) is 30.9 Å². The van der Waals surface area contributed by atoms with Crippen molar-refractivity contribution in [2.75, 3.05) is 18.5 Å². The van der Waals surface area contributed by atoms with E-state index in [0.29, 0.717) is 15.7 Å². The van der Waals surface area contributed by atoms with Crippen LogP contribution in [0, 0.1) is 13.8 Å². The van der Waals surface area contributed by atoms with Crippen molar-refractivity contribution in [3.63, 3.8) is 0 Å². The highest BCUT2D eigenvalue weighted by molar-refractivity contribution is 9.10. The van der Waals surface area contributed by atoms with Crippen LogP contribution in [0.4, 0.5) is 5.69 Å². The van der Waals surface area contributed by atoms with E-state index < -0.39 is 18.5 Å². The number of hydrogen-bond acceptors (Lipinski definition) is 4. The number of anilines is 1. The molecule has 0 heterocycles. The van der Waals surface area contributed by atoms with Gasteiger partial charge in [0.1, 0.15) is 0 Å². The third-order valence-electron chi connectivity index (χ3n) is 3.75. The fourth-order valence-corrected chi connectivity index (χ4v) is 2.59. The molecule has 26 heavy (non-hydrogen) atoms. The summed E-state index contributed by atoms with van der Waals surface area (Å²) in [5.41, 5.74) is 3.05. The summed E-state index contributed by atoms with van der Waals surface area (Å²) in [5.74, 6) is -1.53. The number of esters is 1. The molecule has 2 aromatic carbocycles. The molecule has 0 fully saturated rings. The number of carbonyl (C=O) groups is 3. The third-order valence-corrected chi connectivity index (χ3v) is 4.44. The Bertz CT molecular complexity index is 836. The molecule has 0 atom stereocenters. The summed E-state index contributed by atoms with van der Waals surface area (Å²) >= 11 is 3.24. The zero-order chi connectivity index (χ0) is 19.1. The quantitative estimate of drug-likeness (QED) is 0.706. The SMILES string of the molecule is Cc1cccc(NC(=O)CNC(=O)COC(=O)c2ccccc2Br)c1C. The van der Waals surface area contributed by atoms with Crippen LogP contribution in [0.5, 0.6) is 0 Å². The van der Waals surface area contributed by atoms with Crippen LogP contribution in [0.15, 0.2) is 46.9 Å². The summed E-state index contributed by atoms with van der Waals surface area (Å²) in [4.78, 5) is 35.6. The molecule has 0 aliphatic rings. The molecule has 2 aromatic rings. The van der Waals surface area contributed by atoms with Crippen LogP contribution >= 0.6 is 15.9 Å². The lowest BCUT2D eigenvalue weighted by atomic mass is 10.1. The van der Waals surface area contributed by atoms with Gasteiger partial charge < -0.3 is 15.4 Å². The first-order valence-electron chi connectivity index (χ1n) is 7.93. The van der Waals surface area contributed by atoms with Crippen LogP contribution in [0.1, 0.15) is 21.5 Å². The number of rotatable bonds is 6. The Morgan fingerprint density at radius 1 is 1.00 bits per heavy atom. The van der Waals surface area contributed by atoms with Crippen molar-refractivity contribution < 1.29 is 19.1 Å². The van der Waals surface area contributed by atoms with Gasteiger partial charge in [-0.05, 0) is 59.1 Å². The molecule has 6 nitrogen and oxygen atoms in total. The molecule has 2 N–H and O–H groups in total. The van der Waals surface area contributed by atoms with Crippen molar-refractivity contribution in [2.24, 2.45) is 0 Å². The van der Waals surface area contributed by atoms with Gasteiger partial charge in [-0.3, -0.25) is 9.59 Å². The topological polar surface area (TPSA) is 84.5 Å². The monoisotopic (exact) mass is 418 g/mol. The summed E-state index contributed by atoms with van der Waals surface area (Å²) in [6.45, 7) is 3.19. The van der Waals surface area contributed by atoms with Crippen molar-refractivity contribution in [3.05, 3.63) is 63.6 Å². The number of halogens is 1. The largest absolute Gasteiger partial charge is 0.452 e. The minimum Gasteiger partial charge on any atom is -0.452 e. The zero-order valence-electron chi connectivity index (χ0n) is 14.5. The van der Waals surface area contributed by atoms with Gasteiger partial charge in [0.15, 0.2) is 6.61 Å². The maximum absolute atomic E-state index is 11.9. The van der Waals surface area contributed by atoms with Crippen LogP contribution in [0.3, 0.4) is 0 Å². The Kier molecular flexibility index (Phi) is 6.91. The van der Waals surface area contributed by atoms with E-state index in [-0.39, 0.29) is 12.5 Å². The lowest BCUT2D eigenvalue weighted by Gasteiger charge is -2.11. The Morgan fingerprint density at radius 2 is 1.73 bits per heavy atom. The first-order chi connectivity index (χ1) is 12.4. The van der Waals surface area contributed by atoms with Crippen LogP contribution < -0.4 is 10.6 Å². The number of nitrogens with one attached hydrogen (secondary N) is 2. The Hall–Kier alpha value is -2.67. The normalized spacial score (nSPS) is 10.1. The predicted molar refractivity (Wildman–Crippen MR) is 102 cm³/mol. The second-order valence-corrected chi connectivity index (χ2v) is 6.48. The molecule has 0 bridgehead atoms. The molecule has 2 amide bonds. The van der Waals surface area contributed by atoms with Gasteiger partial charge in [0.2, 0.25) is 5.91 Å². The van der Waals surface area contributed by atoms with E-state index >= 15 is 0 Å². The second-order valence-electron chi connectivity index (χ2n) is 5.63. The van der Waals surface area contributed by atoms with Gasteiger partial charge in [-0.15, -0.1) is 0 Å². The first kappa shape index (κ1) is 19.7. The maximum atomic E-state index is 11.9. The van der Waals surface area contributed by atoms with Crippen molar-refractivity contribution in [2.45, 2.75) is 13.8 Å². The van der Waals surface area contributed by atoms with Gasteiger partial charge in [-0.25, -0.2) is 4.79 Å². The summed E-state index contributed by atoms with van der Waals surface area (Å²) in [6, 6.07) is 12.3. The minimum atomic E-state index is -0.618. The average molecular weight is 419 g/mol. The molecule has 0 unspecified atom stereocenters. The van der Waals surface area contributed by atoms with Gasteiger partial charge in [0, 0.05) is 10.2 Å². The third kappa shape index (κ3) is 5.42. The van der Waals surface area contributed by atoms with E-state index in [1.165, 1.54) is 0 Å². The molecular formula is C19H19BrN2O4. The highest BCUT2D eigenvalue weighted by atomic mass is 79.9. The lowest BCUT2D eigenvalue weighted by Crippen LogP contribution is -2.35. The van der Waals surface area contributed by atoms with Gasteiger partial charge in [-0.2, -0.15) is 0 Å². The van der Waals surface area contributed by atoms with Crippen LogP contribution in [0.25, 0.3) is 0 Å². The number of benzene rings is 2. The fraction of sp³-hybridized carbons (Fsp3) is 0.211. The Labute approximate surface area is 160 Å². The van der Waals surface area contributed by atoms with Crippen molar-refractivity contribution >= 4 is 39.4 Å². The van der Waals surface area contributed by atoms with Gasteiger partial charge >= 0.3 is 5.97 Å². The van der Waals surface area contributed by atoms with E-state index in [2.05, 4.69) is 26.6 Å². The van der Waals surface area contributed by atoms with Gasteiger partial charge in [0.05, 0.1) is 12.1 Å². The highest BCUT2D eigenvalue weighted by Gasteiger charge is 2.13. The van der Waals surface area contributed by atoms with Crippen molar-refractivity contribution in [3.8, 4) is 0 Å². The van der Waals surface area contributed by atoms with Crippen LogP contribution in [-0.2, 0) is 14.3 Å². The smallest absolute Gasteiger partial charge is 0.339 e. The Balaban J connectivity index is 1.78. The molecule has 0 aliphatic carbocycles. The summed E-state index contributed by atoms with van der Waals surface area (Å²) < 4.78 is 5.53. The van der Waals surface area contributed by atoms with E-state index in [1.807, 2.05) is 26.0 Å².